The van der Waals surface area contributed by atoms with Gasteiger partial charge in [-0.05, 0) is 17.5 Å². The second-order valence-corrected chi connectivity index (χ2v) is 6.77. The molecular weight excluding hydrogens is 366 g/mol. The Morgan fingerprint density at radius 2 is 1.96 bits per heavy atom. The number of carbonyl (C=O) groups is 1. The lowest BCUT2D eigenvalue weighted by Gasteiger charge is -2.08. The molecule has 0 saturated heterocycles. The van der Waals surface area contributed by atoms with Crippen molar-refractivity contribution in [3.63, 3.8) is 0 Å². The quantitative estimate of drug-likeness (QED) is 0.410. The molecule has 0 fully saturated rings. The van der Waals surface area contributed by atoms with Crippen LogP contribution >= 0.6 is 11.3 Å². The fourth-order valence-corrected chi connectivity index (χ4v) is 3.62. The van der Waals surface area contributed by atoms with Crippen LogP contribution in [0.1, 0.15) is 0 Å². The summed E-state index contributed by atoms with van der Waals surface area (Å²) in [6.45, 7) is -0.163. The number of rotatable bonds is 5. The average Bonchev–Trinajstić information content (AvgIpc) is 3.07. The highest BCUT2D eigenvalue weighted by atomic mass is 32.1. The van der Waals surface area contributed by atoms with Crippen molar-refractivity contribution in [2.24, 2.45) is 0 Å². The Balaban J connectivity index is 1.46. The first-order valence-corrected chi connectivity index (χ1v) is 8.87. The second-order valence-electron chi connectivity index (χ2n) is 5.74. The topological polar surface area (TPSA) is 94.4 Å². The van der Waals surface area contributed by atoms with E-state index in [0.717, 1.165) is 10.8 Å². The van der Waals surface area contributed by atoms with Crippen LogP contribution in [0.2, 0.25) is 0 Å². The lowest BCUT2D eigenvalue weighted by molar-refractivity contribution is -0.384. The lowest BCUT2D eigenvalue weighted by Crippen LogP contribution is -2.20. The maximum absolute atomic E-state index is 12.2. The largest absolute Gasteiger partial charge is 0.483 e. The van der Waals surface area contributed by atoms with Gasteiger partial charge in [-0.25, -0.2) is 4.98 Å². The fourth-order valence-electron chi connectivity index (χ4n) is 2.70. The van der Waals surface area contributed by atoms with Gasteiger partial charge in [-0.3, -0.25) is 20.2 Å². The van der Waals surface area contributed by atoms with E-state index in [-0.39, 0.29) is 18.2 Å². The number of non-ortho nitro benzene ring substituents is 1. The van der Waals surface area contributed by atoms with Crippen LogP contribution in [-0.2, 0) is 4.79 Å². The van der Waals surface area contributed by atoms with E-state index < -0.39 is 4.92 Å². The lowest BCUT2D eigenvalue weighted by atomic mass is 10.1. The molecule has 0 saturated carbocycles. The van der Waals surface area contributed by atoms with Gasteiger partial charge in [0, 0.05) is 17.5 Å². The first-order valence-electron chi connectivity index (χ1n) is 8.05. The molecule has 1 aromatic heterocycles. The molecule has 27 heavy (non-hydrogen) atoms. The molecule has 4 aromatic rings. The third-order valence-electron chi connectivity index (χ3n) is 3.94. The molecular formula is C19H13N3O4S. The van der Waals surface area contributed by atoms with Crippen molar-refractivity contribution in [1.29, 1.82) is 0 Å². The number of nitro groups is 1. The second kappa shape index (κ2) is 7.00. The van der Waals surface area contributed by atoms with E-state index in [4.69, 9.17) is 4.74 Å². The molecule has 0 aliphatic rings. The molecule has 1 N–H and O–H groups in total. The van der Waals surface area contributed by atoms with Crippen LogP contribution in [0.25, 0.3) is 21.0 Å². The maximum atomic E-state index is 12.2. The van der Waals surface area contributed by atoms with Gasteiger partial charge < -0.3 is 4.74 Å². The predicted molar refractivity (Wildman–Crippen MR) is 104 cm³/mol. The molecule has 0 bridgehead atoms. The van der Waals surface area contributed by atoms with Crippen LogP contribution in [0.3, 0.4) is 0 Å². The van der Waals surface area contributed by atoms with Crippen LogP contribution in [0.15, 0.2) is 60.7 Å². The molecule has 134 valence electrons. The Kier molecular flexibility index (Phi) is 4.39. The van der Waals surface area contributed by atoms with Crippen molar-refractivity contribution in [2.75, 3.05) is 11.9 Å². The van der Waals surface area contributed by atoms with Gasteiger partial charge in [0.25, 0.3) is 11.6 Å². The van der Waals surface area contributed by atoms with E-state index in [1.807, 2.05) is 42.5 Å². The smallest absolute Gasteiger partial charge is 0.270 e. The molecule has 7 nitrogen and oxygen atoms in total. The Morgan fingerprint density at radius 3 is 2.81 bits per heavy atom. The number of aromatic nitrogens is 1. The Hall–Kier alpha value is -3.52. The summed E-state index contributed by atoms with van der Waals surface area (Å²) in [5.74, 6) is 0.277. The monoisotopic (exact) mass is 379 g/mol. The van der Waals surface area contributed by atoms with Gasteiger partial charge in [0.1, 0.15) is 5.75 Å². The third kappa shape index (κ3) is 3.56. The highest BCUT2D eigenvalue weighted by Crippen LogP contribution is 2.29. The molecule has 1 amide bonds. The number of nitrogens with zero attached hydrogens (tertiary/aromatic N) is 2. The molecule has 0 unspecified atom stereocenters. The minimum atomic E-state index is -0.463. The molecule has 0 aliphatic carbocycles. The summed E-state index contributed by atoms with van der Waals surface area (Å²) < 4.78 is 6.29. The zero-order valence-corrected chi connectivity index (χ0v) is 14.7. The molecule has 0 atom stereocenters. The van der Waals surface area contributed by atoms with Crippen LogP contribution in [-0.4, -0.2) is 22.4 Å². The number of hydrogen-bond donors (Lipinski definition) is 1. The number of hydrogen-bond acceptors (Lipinski definition) is 6. The molecule has 1 heterocycles. The third-order valence-corrected chi connectivity index (χ3v) is 4.87. The summed E-state index contributed by atoms with van der Waals surface area (Å²) in [4.78, 5) is 26.8. The minimum Gasteiger partial charge on any atom is -0.483 e. The number of nitrogens with one attached hydrogen (secondary N) is 1. The van der Waals surface area contributed by atoms with E-state index in [9.17, 15) is 14.9 Å². The fraction of sp³-hybridized carbons (Fsp3) is 0.0526. The Bertz CT molecular complexity index is 1170. The zero-order valence-electron chi connectivity index (χ0n) is 13.9. The predicted octanol–water partition coefficient (Wildman–Crippen LogP) is 4.38. The van der Waals surface area contributed by atoms with Crippen molar-refractivity contribution in [3.8, 4) is 5.75 Å². The molecule has 3 aromatic carbocycles. The number of benzene rings is 3. The van der Waals surface area contributed by atoms with Gasteiger partial charge in [0.05, 0.1) is 15.1 Å². The summed E-state index contributed by atoms with van der Waals surface area (Å²) in [5.41, 5.74) is 0.583. The number of fused-ring (bicyclic) bond motifs is 2. The Labute approximate surface area is 157 Å². The zero-order chi connectivity index (χ0) is 18.8. The van der Waals surface area contributed by atoms with Crippen LogP contribution in [0.4, 0.5) is 10.8 Å². The molecule has 0 radical (unpaired) electrons. The van der Waals surface area contributed by atoms with E-state index in [0.29, 0.717) is 21.1 Å². The molecule has 4 rings (SSSR count). The summed E-state index contributed by atoms with van der Waals surface area (Å²) >= 11 is 1.18. The van der Waals surface area contributed by atoms with Gasteiger partial charge in [-0.15, -0.1) is 0 Å². The highest BCUT2D eigenvalue weighted by Gasteiger charge is 2.12. The first-order chi connectivity index (χ1) is 13.1. The van der Waals surface area contributed by atoms with Crippen LogP contribution in [0, 0.1) is 10.1 Å². The van der Waals surface area contributed by atoms with E-state index >= 15 is 0 Å². The highest BCUT2D eigenvalue weighted by molar-refractivity contribution is 7.22. The minimum absolute atomic E-state index is 0.0108. The van der Waals surface area contributed by atoms with Crippen molar-refractivity contribution in [2.45, 2.75) is 0 Å². The molecule has 8 heteroatoms. The van der Waals surface area contributed by atoms with Crippen LogP contribution in [0.5, 0.6) is 5.75 Å². The van der Waals surface area contributed by atoms with Crippen molar-refractivity contribution >= 4 is 49.1 Å². The standard InChI is InChI=1S/C19H13N3O4S/c23-18(11-26-16-7-3-5-12-4-1-2-6-14(12)16)21-19-20-15-9-8-13(22(24)25)10-17(15)27-19/h1-10H,11H2,(H,20,21,23). The van der Waals surface area contributed by atoms with Crippen molar-refractivity contribution in [1.82, 2.24) is 4.98 Å². The first kappa shape index (κ1) is 16.9. The summed E-state index contributed by atoms with van der Waals surface area (Å²) in [5, 5.41) is 15.9. The van der Waals surface area contributed by atoms with E-state index in [1.165, 1.54) is 23.5 Å². The average molecular weight is 379 g/mol. The molecule has 0 aliphatic heterocycles. The van der Waals surface area contributed by atoms with Crippen molar-refractivity contribution in [3.05, 3.63) is 70.8 Å². The summed E-state index contributed by atoms with van der Waals surface area (Å²) in [6.07, 6.45) is 0. The van der Waals surface area contributed by atoms with Gasteiger partial charge >= 0.3 is 0 Å². The SMILES string of the molecule is O=C(COc1cccc2ccccc12)Nc1nc2ccc([N+](=O)[O-])cc2s1. The number of nitro benzene ring substituents is 1. The van der Waals surface area contributed by atoms with Gasteiger partial charge in [0.15, 0.2) is 11.7 Å². The van der Waals surface area contributed by atoms with E-state index in [1.54, 1.807) is 6.07 Å². The summed E-state index contributed by atoms with van der Waals surface area (Å²) in [7, 11) is 0. The van der Waals surface area contributed by atoms with Gasteiger partial charge in [0.2, 0.25) is 0 Å². The van der Waals surface area contributed by atoms with Gasteiger partial charge in [-0.2, -0.15) is 0 Å². The Morgan fingerprint density at radius 1 is 1.15 bits per heavy atom. The van der Waals surface area contributed by atoms with Gasteiger partial charge in [-0.1, -0.05) is 47.7 Å². The number of anilines is 1. The number of thiazole rings is 1. The maximum Gasteiger partial charge on any atom is 0.270 e. The van der Waals surface area contributed by atoms with Crippen molar-refractivity contribution < 1.29 is 14.5 Å². The normalized spacial score (nSPS) is 10.8. The van der Waals surface area contributed by atoms with Crippen LogP contribution < -0.4 is 10.1 Å². The van der Waals surface area contributed by atoms with E-state index in [2.05, 4.69) is 10.3 Å². The molecule has 0 spiro atoms. The number of ether oxygens (including phenoxy) is 1. The number of amides is 1. The number of carbonyl (C=O) groups excluding carboxylic acids is 1. The summed E-state index contributed by atoms with van der Waals surface area (Å²) in [6, 6.07) is 17.8.